The summed E-state index contributed by atoms with van der Waals surface area (Å²) in [5, 5.41) is 18.7. The molecule has 1 aromatic heterocycles. The van der Waals surface area contributed by atoms with Crippen LogP contribution in [0, 0.1) is 11.6 Å². The number of halogens is 2. The van der Waals surface area contributed by atoms with Gasteiger partial charge in [-0.25, -0.2) is 13.6 Å². The molecule has 0 fully saturated rings. The predicted octanol–water partition coefficient (Wildman–Crippen LogP) is 2.07. The number of aromatic carboxylic acids is 1. The number of nitrogens with zero attached hydrogens (tertiary/aromatic N) is 2. The molecule has 0 saturated heterocycles. The van der Waals surface area contributed by atoms with Crippen LogP contribution < -0.4 is 5.32 Å². The van der Waals surface area contributed by atoms with Gasteiger partial charge in [-0.05, 0) is 24.3 Å². The van der Waals surface area contributed by atoms with E-state index in [1.54, 1.807) is 12.1 Å². The van der Waals surface area contributed by atoms with Crippen LogP contribution in [0.2, 0.25) is 0 Å². The molecule has 0 aliphatic heterocycles. The Labute approximate surface area is 106 Å². The molecule has 0 amide bonds. The Balaban J connectivity index is 2.18. The third-order valence-corrected chi connectivity index (χ3v) is 2.40. The van der Waals surface area contributed by atoms with Gasteiger partial charge in [-0.3, -0.25) is 0 Å². The highest BCUT2D eigenvalue weighted by molar-refractivity contribution is 5.88. The average molecular weight is 265 g/mol. The van der Waals surface area contributed by atoms with Gasteiger partial charge in [0.1, 0.15) is 0 Å². The molecule has 0 unspecified atom stereocenters. The lowest BCUT2D eigenvalue weighted by atomic mass is 10.2. The molecule has 19 heavy (non-hydrogen) atoms. The second-order valence-corrected chi connectivity index (χ2v) is 3.66. The number of aromatic nitrogens is 2. The maximum absolute atomic E-state index is 13.6. The fourth-order valence-corrected chi connectivity index (χ4v) is 1.46. The number of benzene rings is 1. The van der Waals surface area contributed by atoms with E-state index in [0.29, 0.717) is 5.69 Å². The number of carbonyl (C=O) groups is 1. The lowest BCUT2D eigenvalue weighted by Crippen LogP contribution is -2.08. The fourth-order valence-electron chi connectivity index (χ4n) is 1.46. The Morgan fingerprint density at radius 2 is 2.05 bits per heavy atom. The zero-order valence-corrected chi connectivity index (χ0v) is 9.60. The molecule has 1 aromatic carbocycles. The largest absolute Gasteiger partial charge is 0.478 e. The summed E-state index contributed by atoms with van der Waals surface area (Å²) >= 11 is 0. The van der Waals surface area contributed by atoms with E-state index in [0.717, 1.165) is 12.1 Å². The molecule has 1 heterocycles. The van der Waals surface area contributed by atoms with Crippen LogP contribution in [0.4, 0.5) is 14.5 Å². The van der Waals surface area contributed by atoms with E-state index in [-0.39, 0.29) is 12.2 Å². The molecule has 0 spiro atoms. The van der Waals surface area contributed by atoms with Crippen molar-refractivity contribution in [3.8, 4) is 0 Å². The normalized spacial score (nSPS) is 10.2. The van der Waals surface area contributed by atoms with Crippen molar-refractivity contribution in [1.82, 2.24) is 10.2 Å². The van der Waals surface area contributed by atoms with Crippen molar-refractivity contribution < 1.29 is 18.7 Å². The number of hydrogen-bond donors (Lipinski definition) is 2. The number of nitrogens with one attached hydrogen (secondary N) is 1. The van der Waals surface area contributed by atoms with Gasteiger partial charge in [0.15, 0.2) is 11.6 Å². The second-order valence-electron chi connectivity index (χ2n) is 3.66. The Hall–Kier alpha value is -2.57. The third kappa shape index (κ3) is 2.82. The molecule has 0 radical (unpaired) electrons. The number of rotatable bonds is 4. The van der Waals surface area contributed by atoms with Crippen molar-refractivity contribution in [1.29, 1.82) is 0 Å². The average Bonchev–Trinajstić information content (AvgIpc) is 2.41. The molecular formula is C12H9F2N3O2. The summed E-state index contributed by atoms with van der Waals surface area (Å²) in [6.07, 6.45) is 1.49. The number of carboxylic acids is 1. The lowest BCUT2D eigenvalue weighted by Gasteiger charge is -2.08. The minimum absolute atomic E-state index is 0.131. The SMILES string of the molecule is O=C(O)c1ccc(NCc2cccnn2)c(F)c1F. The quantitative estimate of drug-likeness (QED) is 0.885. The Kier molecular flexibility index (Phi) is 3.65. The van der Waals surface area contributed by atoms with Gasteiger partial charge in [0.2, 0.25) is 0 Å². The van der Waals surface area contributed by atoms with Crippen LogP contribution in [0.5, 0.6) is 0 Å². The molecule has 0 saturated carbocycles. The molecular weight excluding hydrogens is 256 g/mol. The van der Waals surface area contributed by atoms with Gasteiger partial charge in [0.25, 0.3) is 0 Å². The summed E-state index contributed by atoms with van der Waals surface area (Å²) in [7, 11) is 0. The van der Waals surface area contributed by atoms with E-state index in [1.165, 1.54) is 6.20 Å². The number of anilines is 1. The molecule has 0 atom stereocenters. The van der Waals surface area contributed by atoms with Gasteiger partial charge in [-0.15, -0.1) is 0 Å². The zero-order valence-electron chi connectivity index (χ0n) is 9.60. The van der Waals surface area contributed by atoms with E-state index < -0.39 is 23.2 Å². The first-order chi connectivity index (χ1) is 9.09. The van der Waals surface area contributed by atoms with E-state index >= 15 is 0 Å². The van der Waals surface area contributed by atoms with Crippen molar-refractivity contribution in [3.05, 3.63) is 53.4 Å². The summed E-state index contributed by atoms with van der Waals surface area (Å²) in [6, 6.07) is 5.49. The highest BCUT2D eigenvalue weighted by Gasteiger charge is 2.17. The molecule has 98 valence electrons. The minimum atomic E-state index is -1.52. The van der Waals surface area contributed by atoms with E-state index in [4.69, 9.17) is 5.11 Å². The predicted molar refractivity (Wildman–Crippen MR) is 62.7 cm³/mol. The van der Waals surface area contributed by atoms with E-state index in [1.807, 2.05) is 0 Å². The van der Waals surface area contributed by atoms with Crippen molar-refractivity contribution in [2.24, 2.45) is 0 Å². The van der Waals surface area contributed by atoms with Crippen molar-refractivity contribution in [3.63, 3.8) is 0 Å². The highest BCUT2D eigenvalue weighted by atomic mass is 19.2. The minimum Gasteiger partial charge on any atom is -0.478 e. The van der Waals surface area contributed by atoms with Crippen LogP contribution in [-0.4, -0.2) is 21.3 Å². The van der Waals surface area contributed by atoms with Gasteiger partial charge >= 0.3 is 5.97 Å². The monoisotopic (exact) mass is 265 g/mol. The fraction of sp³-hybridized carbons (Fsp3) is 0.0833. The summed E-state index contributed by atoms with van der Waals surface area (Å²) in [5.74, 6) is -4.14. The van der Waals surface area contributed by atoms with Gasteiger partial charge in [-0.1, -0.05) is 0 Å². The van der Waals surface area contributed by atoms with Crippen LogP contribution in [0.25, 0.3) is 0 Å². The van der Waals surface area contributed by atoms with Crippen LogP contribution in [0.15, 0.2) is 30.5 Å². The molecule has 0 bridgehead atoms. The van der Waals surface area contributed by atoms with Crippen LogP contribution in [0.3, 0.4) is 0 Å². The van der Waals surface area contributed by atoms with E-state index in [2.05, 4.69) is 15.5 Å². The van der Waals surface area contributed by atoms with E-state index in [9.17, 15) is 13.6 Å². The smallest absolute Gasteiger partial charge is 0.338 e. The summed E-state index contributed by atoms with van der Waals surface area (Å²) < 4.78 is 27.0. The molecule has 2 N–H and O–H groups in total. The number of carboxylic acid groups (broad SMARTS) is 1. The maximum atomic E-state index is 13.6. The molecule has 0 aliphatic carbocycles. The molecule has 2 rings (SSSR count). The summed E-state index contributed by atoms with van der Waals surface area (Å²) in [5.41, 5.74) is -0.291. The Morgan fingerprint density at radius 1 is 1.26 bits per heavy atom. The highest BCUT2D eigenvalue weighted by Crippen LogP contribution is 2.21. The second kappa shape index (κ2) is 5.38. The summed E-state index contributed by atoms with van der Waals surface area (Å²) in [6.45, 7) is 0.149. The summed E-state index contributed by atoms with van der Waals surface area (Å²) in [4.78, 5) is 10.6. The number of hydrogen-bond acceptors (Lipinski definition) is 4. The van der Waals surface area contributed by atoms with Crippen LogP contribution >= 0.6 is 0 Å². The van der Waals surface area contributed by atoms with Gasteiger partial charge in [0, 0.05) is 6.20 Å². The van der Waals surface area contributed by atoms with Gasteiger partial charge < -0.3 is 10.4 Å². The molecule has 0 aliphatic rings. The molecule has 7 heteroatoms. The van der Waals surface area contributed by atoms with Crippen molar-refractivity contribution in [2.75, 3.05) is 5.32 Å². The lowest BCUT2D eigenvalue weighted by molar-refractivity contribution is 0.0690. The Bertz CT molecular complexity index is 605. The third-order valence-electron chi connectivity index (χ3n) is 2.40. The van der Waals surface area contributed by atoms with Crippen molar-refractivity contribution in [2.45, 2.75) is 6.54 Å². The van der Waals surface area contributed by atoms with Crippen LogP contribution in [-0.2, 0) is 6.54 Å². The maximum Gasteiger partial charge on any atom is 0.338 e. The zero-order chi connectivity index (χ0) is 13.8. The first-order valence-corrected chi connectivity index (χ1v) is 5.31. The molecule has 5 nitrogen and oxygen atoms in total. The Morgan fingerprint density at radius 3 is 2.68 bits per heavy atom. The first-order valence-electron chi connectivity index (χ1n) is 5.31. The van der Waals surface area contributed by atoms with Crippen molar-refractivity contribution >= 4 is 11.7 Å². The first kappa shape index (κ1) is 12.9. The van der Waals surface area contributed by atoms with Gasteiger partial charge in [0.05, 0.1) is 23.5 Å². The molecule has 2 aromatic rings. The standard InChI is InChI=1S/C12H9F2N3O2/c13-10-8(12(18)19)3-4-9(11(10)14)15-6-7-2-1-5-16-17-7/h1-5,15H,6H2,(H,18,19). The van der Waals surface area contributed by atoms with Gasteiger partial charge in [-0.2, -0.15) is 10.2 Å². The van der Waals surface area contributed by atoms with Crippen LogP contribution in [0.1, 0.15) is 16.1 Å². The topological polar surface area (TPSA) is 75.1 Å².